The highest BCUT2D eigenvalue weighted by Gasteiger charge is 2.30. The zero-order valence-corrected chi connectivity index (χ0v) is 57.9. The van der Waals surface area contributed by atoms with E-state index in [0.717, 1.165) is 109 Å². The predicted octanol–water partition coefficient (Wildman–Crippen LogP) is 19.4. The van der Waals surface area contributed by atoms with Crippen molar-refractivity contribution < 1.29 is 80.2 Å². The van der Waals surface area contributed by atoms with Crippen LogP contribution in [0, 0.1) is 5.92 Å². The third kappa shape index (κ3) is 62.6. The number of ether oxygens (including phenoxy) is 4. The molecule has 0 aliphatic rings. The van der Waals surface area contributed by atoms with E-state index in [1.54, 1.807) is 0 Å². The molecule has 5 atom stereocenters. The Morgan fingerprint density at radius 1 is 0.310 bits per heavy atom. The molecule has 0 fully saturated rings. The van der Waals surface area contributed by atoms with Crippen molar-refractivity contribution in [3.8, 4) is 0 Å². The van der Waals surface area contributed by atoms with Crippen molar-refractivity contribution in [2.24, 2.45) is 5.92 Å². The van der Waals surface area contributed by atoms with E-state index in [4.69, 9.17) is 37.0 Å². The molecule has 0 bridgehead atoms. The maximum atomic E-state index is 13.0. The molecule has 0 saturated carbocycles. The summed E-state index contributed by atoms with van der Waals surface area (Å²) in [7, 11) is -9.89. The molecule has 17 nitrogen and oxygen atoms in total. The molecule has 3 N–H and O–H groups in total. The van der Waals surface area contributed by atoms with Crippen LogP contribution in [0.1, 0.15) is 349 Å². The van der Waals surface area contributed by atoms with Gasteiger partial charge in [0.05, 0.1) is 26.4 Å². The predicted molar refractivity (Wildman–Crippen MR) is 349 cm³/mol. The van der Waals surface area contributed by atoms with E-state index in [9.17, 15) is 43.2 Å². The maximum Gasteiger partial charge on any atom is 0.472 e. The molecule has 0 radical (unpaired) electrons. The maximum absolute atomic E-state index is 13.0. The van der Waals surface area contributed by atoms with Crippen LogP contribution in [0.5, 0.6) is 0 Å². The second-order valence-corrected chi connectivity index (χ2v) is 27.9. The van der Waals surface area contributed by atoms with Crippen molar-refractivity contribution in [1.82, 2.24) is 0 Å². The Morgan fingerprint density at radius 2 is 0.529 bits per heavy atom. The first-order valence-electron chi connectivity index (χ1n) is 35.6. The lowest BCUT2D eigenvalue weighted by atomic mass is 10.0. The number of hydrogen-bond donors (Lipinski definition) is 3. The molecular formula is C68H132O17P2. The minimum atomic E-state index is -4.95. The van der Waals surface area contributed by atoms with Crippen LogP contribution in [-0.2, 0) is 65.4 Å². The normalized spacial score (nSPS) is 14.1. The van der Waals surface area contributed by atoms with Gasteiger partial charge in [0.15, 0.2) is 12.2 Å². The zero-order chi connectivity index (χ0) is 64.2. The summed E-state index contributed by atoms with van der Waals surface area (Å²) in [5, 5.41) is 10.5. The van der Waals surface area contributed by atoms with E-state index in [1.165, 1.54) is 161 Å². The molecule has 0 aromatic heterocycles. The van der Waals surface area contributed by atoms with Crippen LogP contribution < -0.4 is 0 Å². The number of aliphatic hydroxyl groups excluding tert-OH is 1. The molecule has 0 spiro atoms. The van der Waals surface area contributed by atoms with Gasteiger partial charge in [-0.15, -0.1) is 0 Å². The summed E-state index contributed by atoms with van der Waals surface area (Å²) in [4.78, 5) is 72.2. The van der Waals surface area contributed by atoms with Crippen molar-refractivity contribution in [1.29, 1.82) is 0 Å². The molecule has 0 aromatic rings. The molecule has 0 amide bonds. The Morgan fingerprint density at radius 3 is 0.782 bits per heavy atom. The van der Waals surface area contributed by atoms with Crippen molar-refractivity contribution in [3.63, 3.8) is 0 Å². The number of carbonyl (C=O) groups excluding carboxylic acids is 4. The largest absolute Gasteiger partial charge is 0.472 e. The molecule has 87 heavy (non-hydrogen) atoms. The van der Waals surface area contributed by atoms with Crippen LogP contribution in [0.4, 0.5) is 0 Å². The van der Waals surface area contributed by atoms with Crippen LogP contribution in [0.2, 0.25) is 0 Å². The van der Waals surface area contributed by atoms with E-state index >= 15 is 0 Å². The second-order valence-electron chi connectivity index (χ2n) is 25.0. The molecule has 0 rings (SSSR count). The summed E-state index contributed by atoms with van der Waals surface area (Å²) in [5.74, 6) is -1.33. The molecule has 2 unspecified atom stereocenters. The molecule has 0 heterocycles. The van der Waals surface area contributed by atoms with Gasteiger partial charge in [-0.25, -0.2) is 9.13 Å². The van der Waals surface area contributed by atoms with E-state index in [0.29, 0.717) is 25.7 Å². The van der Waals surface area contributed by atoms with Crippen LogP contribution >= 0.6 is 15.6 Å². The fourth-order valence-electron chi connectivity index (χ4n) is 10.3. The van der Waals surface area contributed by atoms with Gasteiger partial charge in [-0.3, -0.25) is 37.3 Å². The van der Waals surface area contributed by atoms with Gasteiger partial charge in [-0.1, -0.05) is 298 Å². The highest BCUT2D eigenvalue weighted by Crippen LogP contribution is 2.45. The van der Waals surface area contributed by atoms with Gasteiger partial charge < -0.3 is 33.8 Å². The van der Waals surface area contributed by atoms with Crippen molar-refractivity contribution in [2.45, 2.75) is 368 Å². The third-order valence-electron chi connectivity index (χ3n) is 15.8. The molecule has 0 aliphatic carbocycles. The van der Waals surface area contributed by atoms with Gasteiger partial charge in [0.1, 0.15) is 19.3 Å². The average molecular weight is 1280 g/mol. The van der Waals surface area contributed by atoms with Crippen LogP contribution in [0.3, 0.4) is 0 Å². The smallest absolute Gasteiger partial charge is 0.462 e. The van der Waals surface area contributed by atoms with Crippen LogP contribution in [0.25, 0.3) is 0 Å². The topological polar surface area (TPSA) is 237 Å². The molecular weight excluding hydrogens is 1150 g/mol. The first-order valence-corrected chi connectivity index (χ1v) is 38.6. The fraction of sp³-hybridized carbons (Fsp3) is 0.941. The Bertz CT molecular complexity index is 1690. The van der Waals surface area contributed by atoms with E-state index in [2.05, 4.69) is 34.6 Å². The minimum absolute atomic E-state index is 0.105. The summed E-state index contributed by atoms with van der Waals surface area (Å²) >= 11 is 0. The highest BCUT2D eigenvalue weighted by atomic mass is 31.2. The highest BCUT2D eigenvalue weighted by molar-refractivity contribution is 7.47. The van der Waals surface area contributed by atoms with Crippen LogP contribution in [0.15, 0.2) is 0 Å². The van der Waals surface area contributed by atoms with Crippen molar-refractivity contribution in [2.75, 3.05) is 39.6 Å². The third-order valence-corrected chi connectivity index (χ3v) is 17.7. The lowest BCUT2D eigenvalue weighted by Crippen LogP contribution is -2.30. The Labute approximate surface area is 530 Å². The Hall–Kier alpha value is -1.94. The summed E-state index contributed by atoms with van der Waals surface area (Å²) in [6.07, 6.45) is 47.3. The van der Waals surface area contributed by atoms with E-state index in [-0.39, 0.29) is 25.7 Å². The first kappa shape index (κ1) is 85.1. The zero-order valence-electron chi connectivity index (χ0n) is 56.2. The number of esters is 4. The molecule has 0 saturated heterocycles. The quantitative estimate of drug-likeness (QED) is 0.0222. The summed E-state index contributed by atoms with van der Waals surface area (Å²) in [6, 6.07) is 0. The molecule has 0 aromatic carbocycles. The Kier molecular flexibility index (Phi) is 60.2. The van der Waals surface area contributed by atoms with Gasteiger partial charge >= 0.3 is 39.5 Å². The molecule has 516 valence electrons. The Balaban J connectivity index is 5.17. The second kappa shape index (κ2) is 61.6. The van der Waals surface area contributed by atoms with Gasteiger partial charge in [-0.2, -0.15) is 0 Å². The minimum Gasteiger partial charge on any atom is -0.462 e. The fourth-order valence-corrected chi connectivity index (χ4v) is 11.9. The number of rotatable bonds is 68. The standard InChI is InChI=1S/C68H132O17P2/c1-6-9-12-15-18-21-22-26-30-33-38-42-47-52-66(71)79-58-64(85-68(73)54-49-44-39-34-31-28-25-23-24-27-29-32-35-40-45-50-61(4)5)60-83-87(76,77)81-56-62(69)55-80-86(74,75)82-59-63(84-67(72)53-48-43-37-20-17-14-11-8-3)57-78-65(70)51-46-41-36-19-16-13-10-7-2/h61-64,69H,6-60H2,1-5H3,(H,74,75)(H,76,77)/t62-,63+,64+/m0/s1. The van der Waals surface area contributed by atoms with Gasteiger partial charge in [-0.05, 0) is 31.6 Å². The summed E-state index contributed by atoms with van der Waals surface area (Å²) in [6.45, 7) is 7.20. The van der Waals surface area contributed by atoms with E-state index in [1.807, 2.05) is 0 Å². The van der Waals surface area contributed by atoms with Gasteiger partial charge in [0.2, 0.25) is 0 Å². The number of hydrogen-bond acceptors (Lipinski definition) is 15. The van der Waals surface area contributed by atoms with Crippen molar-refractivity contribution in [3.05, 3.63) is 0 Å². The lowest BCUT2D eigenvalue weighted by molar-refractivity contribution is -0.161. The number of phosphoric acid groups is 2. The summed E-state index contributed by atoms with van der Waals surface area (Å²) < 4.78 is 68.0. The number of unbranched alkanes of at least 4 members (excludes halogenated alkanes) is 40. The first-order chi connectivity index (χ1) is 42.0. The SMILES string of the molecule is CCCCCCCCCCCCCCCC(=O)OC[C@H](COP(=O)(O)OC[C@@H](O)COP(=O)(O)OC[C@@H](COC(=O)CCCCCCCCCC)OC(=O)CCCCCCCCCC)OC(=O)CCCCCCCCCCCCCCCCCC(C)C. The monoisotopic (exact) mass is 1280 g/mol. The van der Waals surface area contributed by atoms with Crippen molar-refractivity contribution >= 4 is 39.5 Å². The number of phosphoric ester groups is 2. The molecule has 0 aliphatic heterocycles. The van der Waals surface area contributed by atoms with Gasteiger partial charge in [0, 0.05) is 25.7 Å². The number of aliphatic hydroxyl groups is 1. The summed E-state index contributed by atoms with van der Waals surface area (Å²) in [5.41, 5.74) is 0. The lowest BCUT2D eigenvalue weighted by Gasteiger charge is -2.21. The molecule has 19 heteroatoms. The van der Waals surface area contributed by atoms with Gasteiger partial charge in [0.25, 0.3) is 0 Å². The van der Waals surface area contributed by atoms with Crippen LogP contribution in [-0.4, -0.2) is 96.7 Å². The number of carbonyl (C=O) groups is 4. The average Bonchev–Trinajstić information content (AvgIpc) is 3.69. The van der Waals surface area contributed by atoms with E-state index < -0.39 is 97.5 Å².